The molecule has 1 saturated heterocycles. The van der Waals surface area contributed by atoms with E-state index in [4.69, 9.17) is 22.1 Å². The summed E-state index contributed by atoms with van der Waals surface area (Å²) < 4.78 is 5.10. The van der Waals surface area contributed by atoms with Gasteiger partial charge < -0.3 is 15.4 Å². The molecule has 6 heteroatoms. The van der Waals surface area contributed by atoms with Gasteiger partial charge in [-0.05, 0) is 31.2 Å². The van der Waals surface area contributed by atoms with Gasteiger partial charge in [0, 0.05) is 44.0 Å². The van der Waals surface area contributed by atoms with Crippen molar-refractivity contribution >= 4 is 23.2 Å². The minimum atomic E-state index is -0.0383. The van der Waals surface area contributed by atoms with E-state index < -0.39 is 0 Å². The van der Waals surface area contributed by atoms with Gasteiger partial charge in [0.1, 0.15) is 0 Å². The molecular formula is C15H22ClN3O2. The number of nitrogens with two attached hydrogens (primary N) is 1. The number of rotatable bonds is 4. The number of hydrogen-bond donors (Lipinski definition) is 1. The smallest absolute Gasteiger partial charge is 0.256 e. The number of hydrogen-bond acceptors (Lipinski definition) is 4. The van der Waals surface area contributed by atoms with Crippen molar-refractivity contribution in [2.24, 2.45) is 0 Å². The lowest BCUT2D eigenvalue weighted by molar-refractivity contribution is 0.0760. The van der Waals surface area contributed by atoms with E-state index in [9.17, 15) is 4.79 Å². The predicted octanol–water partition coefficient (Wildman–Crippen LogP) is 1.72. The van der Waals surface area contributed by atoms with Crippen LogP contribution in [-0.4, -0.2) is 62.1 Å². The number of halogens is 1. The maximum absolute atomic E-state index is 12.6. The molecule has 1 amide bonds. The molecule has 1 aliphatic rings. The number of anilines is 1. The summed E-state index contributed by atoms with van der Waals surface area (Å²) >= 11 is 5.96. The molecule has 0 atom stereocenters. The van der Waals surface area contributed by atoms with Crippen molar-refractivity contribution in [1.29, 1.82) is 0 Å². The first-order chi connectivity index (χ1) is 10.1. The minimum absolute atomic E-state index is 0.0383. The van der Waals surface area contributed by atoms with Crippen molar-refractivity contribution in [3.8, 4) is 0 Å². The maximum atomic E-state index is 12.6. The van der Waals surface area contributed by atoms with Gasteiger partial charge in [-0.3, -0.25) is 9.69 Å². The first kappa shape index (κ1) is 16.1. The lowest BCUT2D eigenvalue weighted by atomic mass is 10.1. The Labute approximate surface area is 130 Å². The second-order valence-electron chi connectivity index (χ2n) is 5.21. The molecule has 1 heterocycles. The van der Waals surface area contributed by atoms with Gasteiger partial charge in [-0.15, -0.1) is 0 Å². The third-order valence-electron chi connectivity index (χ3n) is 3.73. The molecule has 0 aromatic heterocycles. The van der Waals surface area contributed by atoms with Gasteiger partial charge in [-0.25, -0.2) is 0 Å². The summed E-state index contributed by atoms with van der Waals surface area (Å²) in [5.74, 6) is -0.0383. The van der Waals surface area contributed by atoms with Crippen LogP contribution in [0.25, 0.3) is 0 Å². The average molecular weight is 312 g/mol. The first-order valence-corrected chi connectivity index (χ1v) is 7.55. The van der Waals surface area contributed by atoms with Crippen LogP contribution in [0.1, 0.15) is 16.8 Å². The Balaban J connectivity index is 2.01. The third-order valence-corrected chi connectivity index (χ3v) is 3.97. The lowest BCUT2D eigenvalue weighted by Crippen LogP contribution is -2.36. The van der Waals surface area contributed by atoms with E-state index in [1.807, 2.05) is 4.90 Å². The van der Waals surface area contributed by atoms with Crippen molar-refractivity contribution < 1.29 is 9.53 Å². The molecule has 0 bridgehead atoms. The molecule has 0 spiro atoms. The number of carbonyl (C=O) groups excluding carboxylic acids is 1. The van der Waals surface area contributed by atoms with Crippen LogP contribution in [0.4, 0.5) is 5.69 Å². The fourth-order valence-corrected chi connectivity index (χ4v) is 2.67. The average Bonchev–Trinajstić information content (AvgIpc) is 2.72. The van der Waals surface area contributed by atoms with E-state index in [1.165, 1.54) is 0 Å². The Hall–Kier alpha value is -1.30. The van der Waals surface area contributed by atoms with Crippen molar-refractivity contribution in [1.82, 2.24) is 9.80 Å². The van der Waals surface area contributed by atoms with Gasteiger partial charge in [0.05, 0.1) is 12.2 Å². The number of carbonyl (C=O) groups is 1. The first-order valence-electron chi connectivity index (χ1n) is 7.17. The molecule has 1 aliphatic heterocycles. The highest BCUT2D eigenvalue weighted by molar-refractivity contribution is 6.31. The molecule has 21 heavy (non-hydrogen) atoms. The Kier molecular flexibility index (Phi) is 5.85. The normalized spacial score (nSPS) is 16.8. The molecular weight excluding hydrogens is 290 g/mol. The highest BCUT2D eigenvalue weighted by Gasteiger charge is 2.21. The number of amides is 1. The summed E-state index contributed by atoms with van der Waals surface area (Å²) in [6.45, 7) is 4.91. The summed E-state index contributed by atoms with van der Waals surface area (Å²) in [5, 5.41) is 0.532. The van der Waals surface area contributed by atoms with Crippen LogP contribution in [-0.2, 0) is 4.74 Å². The third kappa shape index (κ3) is 4.33. The van der Waals surface area contributed by atoms with E-state index in [2.05, 4.69) is 4.90 Å². The molecule has 1 fully saturated rings. The van der Waals surface area contributed by atoms with Crippen LogP contribution < -0.4 is 5.73 Å². The van der Waals surface area contributed by atoms with Gasteiger partial charge in [-0.1, -0.05) is 11.6 Å². The second-order valence-corrected chi connectivity index (χ2v) is 5.65. The Bertz CT molecular complexity index is 496. The number of benzene rings is 1. The van der Waals surface area contributed by atoms with Crippen LogP contribution in [0.15, 0.2) is 18.2 Å². The second kappa shape index (κ2) is 7.64. The molecule has 0 radical (unpaired) electrons. The summed E-state index contributed by atoms with van der Waals surface area (Å²) in [7, 11) is 1.70. The van der Waals surface area contributed by atoms with Crippen molar-refractivity contribution in [3.63, 3.8) is 0 Å². The Morgan fingerprint density at radius 1 is 1.33 bits per heavy atom. The Morgan fingerprint density at radius 3 is 2.90 bits per heavy atom. The molecule has 2 rings (SSSR count). The number of ether oxygens (including phenoxy) is 1. The monoisotopic (exact) mass is 311 g/mol. The zero-order valence-corrected chi connectivity index (χ0v) is 13.1. The molecule has 0 saturated carbocycles. The van der Waals surface area contributed by atoms with Crippen LogP contribution in [0.5, 0.6) is 0 Å². The Morgan fingerprint density at radius 2 is 2.14 bits per heavy atom. The number of methoxy groups -OCH3 is 1. The fraction of sp³-hybridized carbons (Fsp3) is 0.533. The van der Waals surface area contributed by atoms with Crippen LogP contribution in [0.2, 0.25) is 5.02 Å². The minimum Gasteiger partial charge on any atom is -0.398 e. The lowest BCUT2D eigenvalue weighted by Gasteiger charge is -2.22. The number of nitrogens with zero attached hydrogens (tertiary/aromatic N) is 2. The van der Waals surface area contributed by atoms with Crippen molar-refractivity contribution in [3.05, 3.63) is 28.8 Å². The van der Waals surface area contributed by atoms with Crippen LogP contribution in [0, 0.1) is 0 Å². The number of nitrogen functional groups attached to an aromatic ring is 1. The molecule has 0 unspecified atom stereocenters. The molecule has 2 N–H and O–H groups in total. The van der Waals surface area contributed by atoms with E-state index >= 15 is 0 Å². The molecule has 1 aromatic rings. The largest absolute Gasteiger partial charge is 0.398 e. The van der Waals surface area contributed by atoms with Gasteiger partial charge in [0.25, 0.3) is 5.91 Å². The van der Waals surface area contributed by atoms with Gasteiger partial charge in [0.2, 0.25) is 0 Å². The van der Waals surface area contributed by atoms with Crippen molar-refractivity contribution in [2.45, 2.75) is 6.42 Å². The summed E-state index contributed by atoms with van der Waals surface area (Å²) in [6.07, 6.45) is 0.954. The molecule has 1 aromatic carbocycles. The summed E-state index contributed by atoms with van der Waals surface area (Å²) in [6, 6.07) is 5.02. The molecule has 5 nitrogen and oxygen atoms in total. The highest BCUT2D eigenvalue weighted by atomic mass is 35.5. The molecule has 0 aliphatic carbocycles. The standard InChI is InChI=1S/C15H22ClN3O2/c1-21-10-9-18-5-2-6-19(8-7-18)15(20)13-11-12(16)3-4-14(13)17/h3-4,11H,2,5-10,17H2,1H3. The van der Waals surface area contributed by atoms with Gasteiger partial charge >= 0.3 is 0 Å². The quantitative estimate of drug-likeness (QED) is 0.860. The summed E-state index contributed by atoms with van der Waals surface area (Å²) in [4.78, 5) is 16.8. The summed E-state index contributed by atoms with van der Waals surface area (Å²) in [5.41, 5.74) is 6.87. The predicted molar refractivity (Wildman–Crippen MR) is 84.7 cm³/mol. The molecule has 116 valence electrons. The van der Waals surface area contributed by atoms with Gasteiger partial charge in [-0.2, -0.15) is 0 Å². The van der Waals surface area contributed by atoms with Crippen LogP contribution in [0.3, 0.4) is 0 Å². The van der Waals surface area contributed by atoms with E-state index in [1.54, 1.807) is 25.3 Å². The fourth-order valence-electron chi connectivity index (χ4n) is 2.50. The maximum Gasteiger partial charge on any atom is 0.256 e. The SMILES string of the molecule is COCCN1CCCN(C(=O)c2cc(Cl)ccc2N)CC1. The van der Waals surface area contributed by atoms with Crippen molar-refractivity contribution in [2.75, 3.05) is 52.2 Å². The van der Waals surface area contributed by atoms with E-state index in [0.29, 0.717) is 22.8 Å². The van der Waals surface area contributed by atoms with E-state index in [-0.39, 0.29) is 5.91 Å². The zero-order chi connectivity index (χ0) is 15.2. The zero-order valence-electron chi connectivity index (χ0n) is 12.3. The van der Waals surface area contributed by atoms with Crippen LogP contribution >= 0.6 is 11.6 Å². The van der Waals surface area contributed by atoms with Gasteiger partial charge in [0.15, 0.2) is 0 Å². The van der Waals surface area contributed by atoms with E-state index in [0.717, 1.165) is 39.2 Å². The topological polar surface area (TPSA) is 58.8 Å². The highest BCUT2D eigenvalue weighted by Crippen LogP contribution is 2.20.